The van der Waals surface area contributed by atoms with E-state index < -0.39 is 29.7 Å². The number of benzene rings is 3. The highest BCUT2D eigenvalue weighted by Crippen LogP contribution is 2.21. The first kappa shape index (κ1) is 26.4. The summed E-state index contributed by atoms with van der Waals surface area (Å²) in [7, 11) is 0. The van der Waals surface area contributed by atoms with E-state index in [4.69, 9.17) is 11.6 Å². The zero-order valence-electron chi connectivity index (χ0n) is 19.3. The van der Waals surface area contributed by atoms with Crippen LogP contribution in [0.2, 0.25) is 5.02 Å². The van der Waals surface area contributed by atoms with Gasteiger partial charge in [0, 0.05) is 12.1 Å². The molecule has 0 spiro atoms. The highest BCUT2D eigenvalue weighted by Gasteiger charge is 2.28. The molecule has 0 saturated heterocycles. The van der Waals surface area contributed by atoms with Gasteiger partial charge in [0.2, 0.25) is 5.91 Å². The van der Waals surface area contributed by atoms with E-state index in [1.54, 1.807) is 42.5 Å². The normalized spacial score (nSPS) is 11.4. The minimum Gasteiger partial charge on any atom is -0.508 e. The van der Waals surface area contributed by atoms with Crippen molar-refractivity contribution >= 4 is 35.3 Å². The van der Waals surface area contributed by atoms with Crippen LogP contribution in [0.15, 0.2) is 72.8 Å². The number of carboxylic acids is 1. The number of aliphatic carboxylic acids is 1. The van der Waals surface area contributed by atoms with E-state index >= 15 is 0 Å². The van der Waals surface area contributed by atoms with Gasteiger partial charge in [-0.1, -0.05) is 54.1 Å². The number of rotatable bonds is 9. The van der Waals surface area contributed by atoms with Gasteiger partial charge in [0.05, 0.1) is 17.0 Å². The average molecular weight is 510 g/mol. The summed E-state index contributed by atoms with van der Waals surface area (Å²) in [5.74, 6) is -3.19. The van der Waals surface area contributed by atoms with Crippen LogP contribution in [0.5, 0.6) is 5.75 Å². The molecule has 0 unspecified atom stereocenters. The number of hydrogen-bond donors (Lipinski definition) is 4. The number of aromatic hydroxyl groups is 1. The summed E-state index contributed by atoms with van der Waals surface area (Å²) in [4.78, 5) is 50.1. The molecule has 0 radical (unpaired) electrons. The molecule has 4 N–H and O–H groups in total. The Morgan fingerprint density at radius 2 is 1.64 bits per heavy atom. The first-order valence-electron chi connectivity index (χ1n) is 10.9. The molecule has 3 aromatic rings. The molecule has 0 fully saturated rings. The topological polar surface area (TPSA) is 136 Å². The van der Waals surface area contributed by atoms with Gasteiger partial charge in [-0.3, -0.25) is 19.2 Å². The van der Waals surface area contributed by atoms with Gasteiger partial charge < -0.3 is 15.5 Å². The van der Waals surface area contributed by atoms with Gasteiger partial charge in [0.15, 0.2) is 0 Å². The molecule has 0 saturated carbocycles. The molecule has 0 aromatic heterocycles. The number of phenols is 1. The van der Waals surface area contributed by atoms with Crippen molar-refractivity contribution in [3.8, 4) is 5.75 Å². The highest BCUT2D eigenvalue weighted by molar-refractivity contribution is 6.34. The van der Waals surface area contributed by atoms with Crippen LogP contribution in [0.25, 0.3) is 0 Å². The van der Waals surface area contributed by atoms with Gasteiger partial charge in [0.25, 0.3) is 11.8 Å². The van der Waals surface area contributed by atoms with Crippen LogP contribution in [-0.4, -0.2) is 45.0 Å². The van der Waals surface area contributed by atoms with Gasteiger partial charge in [-0.25, -0.2) is 10.4 Å². The van der Waals surface area contributed by atoms with E-state index in [9.17, 15) is 29.4 Å². The molecule has 3 amide bonds. The standard InChI is InChI=1S/C26H24ClN3O6/c1-16(26(35)36)29-30(23(32)13-17-6-3-2-4-7-17)25(34)21-11-10-19(14-22(21)27)24(33)28-15-18-8-5-9-20(31)12-18/h2-12,14,16,29,31H,13,15H2,1H3,(H,28,33)(H,35,36)/t16-/m0/s1. The van der Waals surface area contributed by atoms with E-state index in [1.807, 2.05) is 0 Å². The maximum Gasteiger partial charge on any atom is 0.322 e. The van der Waals surface area contributed by atoms with Crippen molar-refractivity contribution < 1.29 is 29.4 Å². The summed E-state index contributed by atoms with van der Waals surface area (Å²) < 4.78 is 0. The Bertz CT molecular complexity index is 1280. The molecular formula is C26H24ClN3O6. The predicted octanol–water partition coefficient (Wildman–Crippen LogP) is 3.16. The zero-order chi connectivity index (χ0) is 26.2. The maximum atomic E-state index is 13.2. The smallest absolute Gasteiger partial charge is 0.322 e. The van der Waals surface area contributed by atoms with Crippen molar-refractivity contribution in [1.82, 2.24) is 15.8 Å². The summed E-state index contributed by atoms with van der Waals surface area (Å²) in [5.41, 5.74) is 3.82. The van der Waals surface area contributed by atoms with E-state index in [2.05, 4.69) is 10.7 Å². The molecule has 36 heavy (non-hydrogen) atoms. The summed E-state index contributed by atoms with van der Waals surface area (Å²) in [5, 5.41) is 22.0. The molecule has 3 aromatic carbocycles. The summed E-state index contributed by atoms with van der Waals surface area (Å²) in [6.07, 6.45) is -0.154. The van der Waals surface area contributed by atoms with Gasteiger partial charge >= 0.3 is 5.97 Å². The Morgan fingerprint density at radius 3 is 2.28 bits per heavy atom. The molecule has 186 valence electrons. The minimum absolute atomic E-state index is 0.0739. The van der Waals surface area contributed by atoms with Crippen LogP contribution in [0, 0.1) is 0 Å². The fourth-order valence-electron chi connectivity index (χ4n) is 3.24. The molecule has 0 aliphatic rings. The van der Waals surface area contributed by atoms with Crippen molar-refractivity contribution in [2.45, 2.75) is 25.9 Å². The lowest BCUT2D eigenvalue weighted by atomic mass is 10.1. The van der Waals surface area contributed by atoms with Gasteiger partial charge in [-0.15, -0.1) is 0 Å². The fourth-order valence-corrected chi connectivity index (χ4v) is 3.50. The summed E-state index contributed by atoms with van der Waals surface area (Å²) in [6.45, 7) is 1.45. The number of nitrogens with zero attached hydrogens (tertiary/aromatic N) is 1. The lowest BCUT2D eigenvalue weighted by molar-refractivity contribution is -0.141. The van der Waals surface area contributed by atoms with E-state index in [1.165, 1.54) is 37.3 Å². The number of halogens is 1. The van der Waals surface area contributed by atoms with Crippen molar-refractivity contribution in [1.29, 1.82) is 0 Å². The average Bonchev–Trinajstić information content (AvgIpc) is 2.85. The van der Waals surface area contributed by atoms with E-state index in [0.717, 1.165) is 0 Å². The Hall–Kier alpha value is -4.21. The quantitative estimate of drug-likeness (QED) is 0.325. The maximum absolute atomic E-state index is 13.2. The Labute approximate surface area is 212 Å². The Balaban J connectivity index is 1.78. The van der Waals surface area contributed by atoms with Gasteiger partial charge in [-0.05, 0) is 48.4 Å². The third-order valence-electron chi connectivity index (χ3n) is 5.17. The van der Waals surface area contributed by atoms with Gasteiger partial charge in [-0.2, -0.15) is 0 Å². The number of hydrazine groups is 1. The Morgan fingerprint density at radius 1 is 0.944 bits per heavy atom. The van der Waals surface area contributed by atoms with Crippen molar-refractivity contribution in [3.05, 3.63) is 100 Å². The minimum atomic E-state index is -1.26. The van der Waals surface area contributed by atoms with Crippen LogP contribution in [-0.2, 0) is 22.6 Å². The molecule has 0 bridgehead atoms. The number of carboxylic acid groups (broad SMARTS) is 1. The third kappa shape index (κ3) is 6.91. The molecule has 0 heterocycles. The summed E-state index contributed by atoms with van der Waals surface area (Å²) in [6, 6.07) is 17.8. The van der Waals surface area contributed by atoms with Crippen molar-refractivity contribution in [2.24, 2.45) is 0 Å². The Kier molecular flexibility index (Phi) is 8.77. The zero-order valence-corrected chi connectivity index (χ0v) is 20.0. The molecule has 10 heteroatoms. The van der Waals surface area contributed by atoms with Gasteiger partial charge in [0.1, 0.15) is 11.8 Å². The molecule has 0 aliphatic heterocycles. The number of phenolic OH excluding ortho intramolecular Hbond substituents is 1. The SMILES string of the molecule is C[C@H](NN(C(=O)Cc1ccccc1)C(=O)c1ccc(C(=O)NCc2cccc(O)c2)cc1Cl)C(=O)O. The number of hydrogen-bond acceptors (Lipinski definition) is 6. The lowest BCUT2D eigenvalue weighted by Crippen LogP contribution is -2.53. The third-order valence-corrected chi connectivity index (χ3v) is 5.48. The number of carbonyl (C=O) groups is 4. The van der Waals surface area contributed by atoms with Crippen LogP contribution in [0.1, 0.15) is 38.8 Å². The number of carbonyl (C=O) groups excluding carboxylic acids is 3. The molecule has 3 rings (SSSR count). The summed E-state index contributed by atoms with van der Waals surface area (Å²) >= 11 is 6.30. The lowest BCUT2D eigenvalue weighted by Gasteiger charge is -2.24. The molecule has 1 atom stereocenters. The second-order valence-corrected chi connectivity index (χ2v) is 8.34. The van der Waals surface area contributed by atoms with Crippen LogP contribution >= 0.6 is 11.6 Å². The monoisotopic (exact) mass is 509 g/mol. The van der Waals surface area contributed by atoms with E-state index in [-0.39, 0.29) is 34.9 Å². The molecular weight excluding hydrogens is 486 g/mol. The second kappa shape index (κ2) is 12.0. The number of nitrogens with one attached hydrogen (secondary N) is 2. The van der Waals surface area contributed by atoms with Crippen LogP contribution in [0.3, 0.4) is 0 Å². The highest BCUT2D eigenvalue weighted by atomic mass is 35.5. The first-order valence-corrected chi connectivity index (χ1v) is 11.3. The fraction of sp³-hybridized carbons (Fsp3) is 0.154. The van der Waals surface area contributed by atoms with Crippen molar-refractivity contribution in [3.63, 3.8) is 0 Å². The van der Waals surface area contributed by atoms with Crippen LogP contribution < -0.4 is 10.7 Å². The number of amides is 3. The number of imide groups is 1. The van der Waals surface area contributed by atoms with Crippen molar-refractivity contribution in [2.75, 3.05) is 0 Å². The first-order chi connectivity index (χ1) is 17.2. The molecule has 9 nitrogen and oxygen atoms in total. The largest absolute Gasteiger partial charge is 0.508 e. The van der Waals surface area contributed by atoms with Crippen LogP contribution in [0.4, 0.5) is 0 Å². The second-order valence-electron chi connectivity index (χ2n) is 7.93. The predicted molar refractivity (Wildman–Crippen MR) is 132 cm³/mol. The van der Waals surface area contributed by atoms with E-state index in [0.29, 0.717) is 16.1 Å². The molecule has 0 aliphatic carbocycles.